The number of aromatic nitrogens is 1. The first-order valence-electron chi connectivity index (χ1n) is 6.87. The van der Waals surface area contributed by atoms with Gasteiger partial charge in [-0.15, -0.1) is 0 Å². The van der Waals surface area contributed by atoms with Crippen molar-refractivity contribution in [3.8, 4) is 0 Å². The summed E-state index contributed by atoms with van der Waals surface area (Å²) in [6, 6.07) is 3.67. The van der Waals surface area contributed by atoms with E-state index in [9.17, 15) is 4.79 Å². The van der Waals surface area contributed by atoms with E-state index in [4.69, 9.17) is 0 Å². The number of likely N-dealkylation sites (N-methyl/N-ethyl adjacent to an activating group) is 1. The van der Waals surface area contributed by atoms with Crippen LogP contribution in [0.4, 0.5) is 0 Å². The summed E-state index contributed by atoms with van der Waals surface area (Å²) >= 11 is 0. The van der Waals surface area contributed by atoms with Crippen LogP contribution in [0.15, 0.2) is 29.6 Å². The first-order valence-corrected chi connectivity index (χ1v) is 6.87. The molecule has 20 heavy (non-hydrogen) atoms. The number of nitrogens with one attached hydrogen (secondary N) is 1. The Labute approximate surface area is 119 Å². The van der Waals surface area contributed by atoms with Gasteiger partial charge in [-0.05, 0) is 24.7 Å². The maximum absolute atomic E-state index is 11.7. The molecule has 1 fully saturated rings. The minimum absolute atomic E-state index is 0.0470. The number of nitrogens with zero attached hydrogens (tertiary/aromatic N) is 4. The van der Waals surface area contributed by atoms with Crippen LogP contribution in [0.3, 0.4) is 0 Å². The highest BCUT2D eigenvalue weighted by molar-refractivity contribution is 5.82. The number of amides is 1. The van der Waals surface area contributed by atoms with Crippen molar-refractivity contribution in [2.24, 2.45) is 5.10 Å². The molecule has 2 heterocycles. The van der Waals surface area contributed by atoms with E-state index in [1.54, 1.807) is 18.6 Å². The quantitative estimate of drug-likeness (QED) is 0.615. The fraction of sp³-hybridized carbons (Fsp3) is 0.500. The number of carbonyl (C=O) groups is 1. The molecule has 108 valence electrons. The lowest BCUT2D eigenvalue weighted by molar-refractivity contribution is -0.121. The summed E-state index contributed by atoms with van der Waals surface area (Å²) in [5.41, 5.74) is 3.47. The molecule has 0 spiro atoms. The van der Waals surface area contributed by atoms with E-state index >= 15 is 0 Å². The average Bonchev–Trinajstić information content (AvgIpc) is 2.48. The molecule has 0 bridgehead atoms. The molecule has 6 heteroatoms. The van der Waals surface area contributed by atoms with Gasteiger partial charge < -0.3 is 9.80 Å². The molecule has 1 aromatic rings. The Bertz CT molecular complexity index is 440. The third kappa shape index (κ3) is 5.07. The molecular weight excluding hydrogens is 254 g/mol. The van der Waals surface area contributed by atoms with E-state index < -0.39 is 0 Å². The molecule has 0 unspecified atom stereocenters. The summed E-state index contributed by atoms with van der Waals surface area (Å²) in [5, 5.41) is 3.94. The monoisotopic (exact) mass is 275 g/mol. The summed E-state index contributed by atoms with van der Waals surface area (Å²) in [6.45, 7) is 5.00. The van der Waals surface area contributed by atoms with Crippen molar-refractivity contribution < 1.29 is 4.79 Å². The van der Waals surface area contributed by atoms with Crippen LogP contribution in [-0.2, 0) is 4.79 Å². The Kier molecular flexibility index (Phi) is 5.64. The highest BCUT2D eigenvalue weighted by atomic mass is 16.2. The molecule has 1 amide bonds. The minimum atomic E-state index is -0.0470. The lowest BCUT2D eigenvalue weighted by atomic mass is 10.3. The van der Waals surface area contributed by atoms with Gasteiger partial charge in [0.2, 0.25) is 5.91 Å². The maximum Gasteiger partial charge on any atom is 0.241 e. The molecule has 0 saturated carbocycles. The van der Waals surface area contributed by atoms with E-state index in [-0.39, 0.29) is 5.91 Å². The molecule has 1 saturated heterocycles. The molecule has 6 nitrogen and oxygen atoms in total. The summed E-state index contributed by atoms with van der Waals surface area (Å²) in [4.78, 5) is 20.2. The number of hydrogen-bond acceptors (Lipinski definition) is 5. The van der Waals surface area contributed by atoms with Crippen LogP contribution in [0.2, 0.25) is 0 Å². The SMILES string of the molecule is CN1CCN(CCC(=O)NN=Cc2ccncc2)CC1. The molecule has 1 aliphatic heterocycles. The minimum Gasteiger partial charge on any atom is -0.304 e. The zero-order chi connectivity index (χ0) is 14.2. The molecule has 0 radical (unpaired) electrons. The van der Waals surface area contributed by atoms with Gasteiger partial charge in [-0.3, -0.25) is 9.78 Å². The Hall–Kier alpha value is -1.79. The highest BCUT2D eigenvalue weighted by Gasteiger charge is 2.14. The van der Waals surface area contributed by atoms with Gasteiger partial charge in [0.25, 0.3) is 0 Å². The molecular formula is C14H21N5O. The van der Waals surface area contributed by atoms with Gasteiger partial charge in [0.05, 0.1) is 6.21 Å². The first kappa shape index (κ1) is 14.6. The van der Waals surface area contributed by atoms with Crippen molar-refractivity contribution in [3.05, 3.63) is 30.1 Å². The fourth-order valence-electron chi connectivity index (χ4n) is 2.02. The Morgan fingerprint density at radius 2 is 2.05 bits per heavy atom. The van der Waals surface area contributed by atoms with E-state index in [1.807, 2.05) is 12.1 Å². The van der Waals surface area contributed by atoms with Gasteiger partial charge >= 0.3 is 0 Å². The number of piperazine rings is 1. The molecule has 0 aromatic carbocycles. The van der Waals surface area contributed by atoms with E-state index in [2.05, 4.69) is 32.4 Å². The zero-order valence-corrected chi connectivity index (χ0v) is 11.8. The standard InChI is InChI=1S/C14H21N5O/c1-18-8-10-19(11-9-18)7-4-14(20)17-16-12-13-2-5-15-6-3-13/h2-3,5-6,12H,4,7-11H2,1H3,(H,17,20). The van der Waals surface area contributed by atoms with Gasteiger partial charge in [-0.1, -0.05) is 0 Å². The third-order valence-electron chi connectivity index (χ3n) is 3.36. The van der Waals surface area contributed by atoms with Crippen LogP contribution in [0, 0.1) is 0 Å². The lowest BCUT2D eigenvalue weighted by Crippen LogP contribution is -2.45. The van der Waals surface area contributed by atoms with Gasteiger partial charge in [0.1, 0.15) is 0 Å². The molecule has 2 rings (SSSR count). The second-order valence-corrected chi connectivity index (χ2v) is 4.97. The van der Waals surface area contributed by atoms with Crippen molar-refractivity contribution in [2.75, 3.05) is 39.8 Å². The summed E-state index contributed by atoms with van der Waals surface area (Å²) in [6.07, 6.45) is 5.49. The molecule has 0 aliphatic carbocycles. The van der Waals surface area contributed by atoms with Crippen molar-refractivity contribution in [1.82, 2.24) is 20.2 Å². The average molecular weight is 275 g/mol. The largest absolute Gasteiger partial charge is 0.304 e. The van der Waals surface area contributed by atoms with E-state index in [0.29, 0.717) is 6.42 Å². The van der Waals surface area contributed by atoms with Crippen molar-refractivity contribution >= 4 is 12.1 Å². The number of hydrogen-bond donors (Lipinski definition) is 1. The summed E-state index contributed by atoms with van der Waals surface area (Å²) < 4.78 is 0. The zero-order valence-electron chi connectivity index (χ0n) is 11.8. The van der Waals surface area contributed by atoms with Crippen molar-refractivity contribution in [2.45, 2.75) is 6.42 Å². The first-order chi connectivity index (χ1) is 9.74. The lowest BCUT2D eigenvalue weighted by Gasteiger charge is -2.32. The Balaban J connectivity index is 1.64. The van der Waals surface area contributed by atoms with Crippen LogP contribution in [0.25, 0.3) is 0 Å². The van der Waals surface area contributed by atoms with Crippen LogP contribution in [0.5, 0.6) is 0 Å². The Morgan fingerprint density at radius 1 is 1.35 bits per heavy atom. The normalized spacial score (nSPS) is 17.4. The topological polar surface area (TPSA) is 60.8 Å². The smallest absolute Gasteiger partial charge is 0.241 e. The van der Waals surface area contributed by atoms with Crippen LogP contribution >= 0.6 is 0 Å². The molecule has 1 aromatic heterocycles. The number of rotatable bonds is 5. The van der Waals surface area contributed by atoms with Crippen molar-refractivity contribution in [1.29, 1.82) is 0 Å². The second-order valence-electron chi connectivity index (χ2n) is 4.97. The maximum atomic E-state index is 11.7. The Morgan fingerprint density at radius 3 is 2.75 bits per heavy atom. The summed E-state index contributed by atoms with van der Waals surface area (Å²) in [5.74, 6) is -0.0470. The number of hydrazone groups is 1. The second kappa shape index (κ2) is 7.72. The summed E-state index contributed by atoms with van der Waals surface area (Å²) in [7, 11) is 2.12. The predicted molar refractivity (Wildman–Crippen MR) is 78.5 cm³/mol. The van der Waals surface area contributed by atoms with Crippen LogP contribution in [-0.4, -0.2) is 66.7 Å². The van der Waals surface area contributed by atoms with E-state index in [0.717, 1.165) is 38.3 Å². The molecule has 1 aliphatic rings. The highest BCUT2D eigenvalue weighted by Crippen LogP contribution is 1.99. The number of pyridine rings is 1. The van der Waals surface area contributed by atoms with Crippen LogP contribution < -0.4 is 5.43 Å². The van der Waals surface area contributed by atoms with Gasteiger partial charge in [-0.25, -0.2) is 5.43 Å². The fourth-order valence-corrected chi connectivity index (χ4v) is 2.02. The molecule has 0 atom stereocenters. The van der Waals surface area contributed by atoms with Crippen molar-refractivity contribution in [3.63, 3.8) is 0 Å². The van der Waals surface area contributed by atoms with Gasteiger partial charge in [0.15, 0.2) is 0 Å². The number of carbonyl (C=O) groups excluding carboxylic acids is 1. The third-order valence-corrected chi connectivity index (χ3v) is 3.36. The van der Waals surface area contributed by atoms with E-state index in [1.165, 1.54) is 0 Å². The molecule has 1 N–H and O–H groups in total. The van der Waals surface area contributed by atoms with Gasteiger partial charge in [-0.2, -0.15) is 5.10 Å². The van der Waals surface area contributed by atoms with Crippen LogP contribution in [0.1, 0.15) is 12.0 Å². The predicted octanol–water partition coefficient (Wildman–Crippen LogP) is 0.169. The van der Waals surface area contributed by atoms with Gasteiger partial charge in [0, 0.05) is 51.5 Å².